The van der Waals surface area contributed by atoms with Gasteiger partial charge in [0.25, 0.3) is 0 Å². The van der Waals surface area contributed by atoms with Crippen LogP contribution in [0.3, 0.4) is 0 Å². The first-order valence-electron chi connectivity index (χ1n) is 7.65. The monoisotopic (exact) mass is 319 g/mol. The summed E-state index contributed by atoms with van der Waals surface area (Å²) in [5, 5.41) is 3.02. The average Bonchev–Trinajstić information content (AvgIpc) is 2.98. The van der Waals surface area contributed by atoms with Crippen molar-refractivity contribution in [2.24, 2.45) is 10.7 Å². The molecule has 1 atom stereocenters. The van der Waals surface area contributed by atoms with Gasteiger partial charge in [0.2, 0.25) is 5.95 Å². The Morgan fingerprint density at radius 3 is 2.83 bits per heavy atom. The summed E-state index contributed by atoms with van der Waals surface area (Å²) in [6, 6.07) is 15.8. The van der Waals surface area contributed by atoms with E-state index in [0.717, 1.165) is 22.3 Å². The summed E-state index contributed by atoms with van der Waals surface area (Å²) in [4.78, 5) is 9.07. The zero-order valence-electron chi connectivity index (χ0n) is 13.2. The number of ether oxygens (including phenoxy) is 1. The first kappa shape index (κ1) is 14.3. The van der Waals surface area contributed by atoms with Crippen molar-refractivity contribution in [3.63, 3.8) is 0 Å². The molecule has 4 rings (SSSR count). The van der Waals surface area contributed by atoms with Gasteiger partial charge in [-0.05, 0) is 24.3 Å². The third-order valence-corrected chi connectivity index (χ3v) is 3.96. The van der Waals surface area contributed by atoms with E-state index in [2.05, 4.69) is 15.3 Å². The number of nitrogens with one attached hydrogen (secondary N) is 1. The molecular weight excluding hydrogens is 302 g/mol. The second-order valence-electron chi connectivity index (χ2n) is 5.45. The van der Waals surface area contributed by atoms with Crippen LogP contribution in [-0.2, 0) is 0 Å². The molecule has 1 aliphatic rings. The Morgan fingerprint density at radius 2 is 1.96 bits per heavy atom. The van der Waals surface area contributed by atoms with Gasteiger partial charge in [-0.2, -0.15) is 0 Å². The second-order valence-corrected chi connectivity index (χ2v) is 5.45. The van der Waals surface area contributed by atoms with Gasteiger partial charge in [0.05, 0.1) is 18.1 Å². The number of aromatic nitrogens is 2. The summed E-state index contributed by atoms with van der Waals surface area (Å²) in [5.74, 6) is 1.86. The number of imidazole rings is 1. The molecule has 0 saturated heterocycles. The molecule has 0 aliphatic carbocycles. The zero-order valence-corrected chi connectivity index (χ0v) is 13.2. The molecule has 2 heterocycles. The molecule has 1 aliphatic heterocycles. The predicted octanol–water partition coefficient (Wildman–Crippen LogP) is 3.00. The average molecular weight is 319 g/mol. The summed E-state index contributed by atoms with van der Waals surface area (Å²) in [6.45, 7) is 0. The maximum atomic E-state index is 5.91. The fraction of sp³-hybridized carbons (Fsp3) is 0.111. The molecule has 120 valence electrons. The van der Waals surface area contributed by atoms with Gasteiger partial charge in [-0.3, -0.25) is 9.88 Å². The Hall–Kier alpha value is -3.28. The third kappa shape index (κ3) is 2.38. The van der Waals surface area contributed by atoms with Crippen LogP contribution in [0.15, 0.2) is 59.6 Å². The topological polar surface area (TPSA) is 77.5 Å². The number of guanidine groups is 1. The SMILES string of the molecule is COc1ccccc1C=CC1N=C(N)Nc2nc3ccccc3n21. The van der Waals surface area contributed by atoms with Crippen LogP contribution in [0.2, 0.25) is 0 Å². The van der Waals surface area contributed by atoms with Crippen molar-refractivity contribution >= 4 is 29.0 Å². The van der Waals surface area contributed by atoms with Crippen LogP contribution in [0.1, 0.15) is 11.7 Å². The summed E-state index contributed by atoms with van der Waals surface area (Å²) < 4.78 is 7.41. The molecular formula is C18H17N5O. The number of nitrogens with zero attached hydrogens (tertiary/aromatic N) is 3. The van der Waals surface area contributed by atoms with Crippen LogP contribution in [0, 0.1) is 0 Å². The number of fused-ring (bicyclic) bond motifs is 3. The van der Waals surface area contributed by atoms with Crippen LogP contribution in [0.4, 0.5) is 5.95 Å². The van der Waals surface area contributed by atoms with Gasteiger partial charge in [0, 0.05) is 5.56 Å². The Bertz CT molecular complexity index is 957. The lowest BCUT2D eigenvalue weighted by atomic mass is 10.2. The van der Waals surface area contributed by atoms with E-state index in [1.807, 2.05) is 65.3 Å². The Labute approximate surface area is 139 Å². The van der Waals surface area contributed by atoms with Crippen LogP contribution in [0.25, 0.3) is 17.1 Å². The number of hydrogen-bond donors (Lipinski definition) is 2. The van der Waals surface area contributed by atoms with Crippen LogP contribution in [0.5, 0.6) is 5.75 Å². The summed E-state index contributed by atoms with van der Waals surface area (Å²) >= 11 is 0. The van der Waals surface area contributed by atoms with E-state index in [1.54, 1.807) is 7.11 Å². The minimum atomic E-state index is -0.265. The lowest BCUT2D eigenvalue weighted by Gasteiger charge is -2.21. The van der Waals surface area contributed by atoms with Crippen molar-refractivity contribution < 1.29 is 4.74 Å². The standard InChI is InChI=1S/C18H17N5O/c1-24-15-9-5-2-6-12(15)10-11-16-21-17(19)22-18-20-13-7-3-4-8-14(13)23(16)18/h2-11,16H,1H3,(H3,19,20,21,22). The minimum absolute atomic E-state index is 0.265. The maximum Gasteiger partial charge on any atom is 0.212 e. The quantitative estimate of drug-likeness (QED) is 0.778. The summed E-state index contributed by atoms with van der Waals surface area (Å²) in [6.07, 6.45) is 3.71. The summed E-state index contributed by atoms with van der Waals surface area (Å²) in [5.41, 5.74) is 8.81. The van der Waals surface area contributed by atoms with Gasteiger partial charge >= 0.3 is 0 Å². The molecule has 2 aromatic carbocycles. The smallest absolute Gasteiger partial charge is 0.212 e. The molecule has 0 fully saturated rings. The van der Waals surface area contributed by atoms with E-state index in [9.17, 15) is 0 Å². The molecule has 0 amide bonds. The number of rotatable bonds is 3. The molecule has 1 unspecified atom stereocenters. The number of para-hydroxylation sites is 3. The van der Waals surface area contributed by atoms with E-state index >= 15 is 0 Å². The van der Waals surface area contributed by atoms with E-state index in [-0.39, 0.29) is 6.17 Å². The molecule has 6 heteroatoms. The molecule has 1 aromatic heterocycles. The van der Waals surface area contributed by atoms with Crippen molar-refractivity contribution in [3.8, 4) is 5.75 Å². The zero-order chi connectivity index (χ0) is 16.5. The number of methoxy groups -OCH3 is 1. The van der Waals surface area contributed by atoms with Crippen molar-refractivity contribution in [2.45, 2.75) is 6.17 Å². The molecule has 3 aromatic rings. The Kier molecular flexibility index (Phi) is 3.42. The number of nitrogens with two attached hydrogens (primary N) is 1. The molecule has 6 nitrogen and oxygen atoms in total. The number of benzene rings is 2. The minimum Gasteiger partial charge on any atom is -0.496 e. The van der Waals surface area contributed by atoms with Crippen molar-refractivity contribution in [2.75, 3.05) is 12.4 Å². The Balaban J connectivity index is 1.78. The van der Waals surface area contributed by atoms with Crippen molar-refractivity contribution in [3.05, 3.63) is 60.2 Å². The van der Waals surface area contributed by atoms with E-state index in [1.165, 1.54) is 0 Å². The van der Waals surface area contributed by atoms with E-state index in [4.69, 9.17) is 10.5 Å². The fourth-order valence-corrected chi connectivity index (χ4v) is 2.87. The van der Waals surface area contributed by atoms with Gasteiger partial charge in [0.1, 0.15) is 5.75 Å². The molecule has 0 radical (unpaired) electrons. The normalized spacial score (nSPS) is 16.7. The number of hydrogen-bond acceptors (Lipinski definition) is 5. The van der Waals surface area contributed by atoms with Gasteiger partial charge in [-0.1, -0.05) is 36.4 Å². The molecule has 24 heavy (non-hydrogen) atoms. The van der Waals surface area contributed by atoms with Crippen molar-refractivity contribution in [1.82, 2.24) is 9.55 Å². The third-order valence-electron chi connectivity index (χ3n) is 3.96. The summed E-state index contributed by atoms with van der Waals surface area (Å²) in [7, 11) is 1.66. The highest BCUT2D eigenvalue weighted by atomic mass is 16.5. The molecule has 0 bridgehead atoms. The lowest BCUT2D eigenvalue weighted by Crippen LogP contribution is -2.30. The van der Waals surface area contributed by atoms with Gasteiger partial charge < -0.3 is 10.5 Å². The van der Waals surface area contributed by atoms with E-state index in [0.29, 0.717) is 11.9 Å². The second kappa shape index (κ2) is 5.73. The molecule has 0 spiro atoms. The largest absolute Gasteiger partial charge is 0.496 e. The molecule has 3 N–H and O–H groups in total. The lowest BCUT2D eigenvalue weighted by molar-refractivity contribution is 0.414. The number of anilines is 1. The van der Waals surface area contributed by atoms with Crippen LogP contribution >= 0.6 is 0 Å². The Morgan fingerprint density at radius 1 is 1.17 bits per heavy atom. The van der Waals surface area contributed by atoms with Crippen molar-refractivity contribution in [1.29, 1.82) is 0 Å². The number of aliphatic imine (C=N–C) groups is 1. The highest BCUT2D eigenvalue weighted by Gasteiger charge is 2.21. The van der Waals surface area contributed by atoms with E-state index < -0.39 is 0 Å². The van der Waals surface area contributed by atoms with Crippen LogP contribution in [-0.4, -0.2) is 22.6 Å². The molecule has 0 saturated carbocycles. The highest BCUT2D eigenvalue weighted by molar-refractivity contribution is 5.94. The van der Waals surface area contributed by atoms with Gasteiger partial charge in [-0.15, -0.1) is 0 Å². The predicted molar refractivity (Wildman–Crippen MR) is 96.0 cm³/mol. The fourth-order valence-electron chi connectivity index (χ4n) is 2.87. The first-order valence-corrected chi connectivity index (χ1v) is 7.65. The van der Waals surface area contributed by atoms with Gasteiger partial charge in [0.15, 0.2) is 12.1 Å². The van der Waals surface area contributed by atoms with Crippen LogP contribution < -0.4 is 15.8 Å². The first-order chi connectivity index (χ1) is 11.8. The van der Waals surface area contributed by atoms with Gasteiger partial charge in [-0.25, -0.2) is 9.98 Å². The maximum absolute atomic E-state index is 5.91. The highest BCUT2D eigenvalue weighted by Crippen LogP contribution is 2.29.